The Hall–Kier alpha value is -4.49. The number of carbonyl (C=O) groups is 1. The highest BCUT2D eigenvalue weighted by Gasteiger charge is 2.29. The first kappa shape index (κ1) is 28.6. The quantitative estimate of drug-likeness (QED) is 0.298. The molecule has 1 unspecified atom stereocenters. The summed E-state index contributed by atoms with van der Waals surface area (Å²) in [5.41, 5.74) is 1.76. The molecular formula is C28H23Cl2F2N9O2. The molecule has 2 bridgehead atoms. The lowest BCUT2D eigenvalue weighted by Crippen LogP contribution is -2.31. The fraction of sp³-hybridized carbons (Fsp3) is 0.250. The van der Waals surface area contributed by atoms with Crippen molar-refractivity contribution < 1.29 is 13.6 Å². The van der Waals surface area contributed by atoms with Crippen molar-refractivity contribution in [3.63, 3.8) is 0 Å². The number of pyridine rings is 1. The number of benzene rings is 1. The van der Waals surface area contributed by atoms with Crippen LogP contribution in [0.15, 0.2) is 60.0 Å². The van der Waals surface area contributed by atoms with Crippen molar-refractivity contribution in [2.75, 3.05) is 5.32 Å². The molecule has 3 atom stereocenters. The molecule has 0 saturated carbocycles. The van der Waals surface area contributed by atoms with Crippen LogP contribution in [0.5, 0.6) is 0 Å². The third kappa shape index (κ3) is 5.30. The van der Waals surface area contributed by atoms with Gasteiger partial charge in [-0.1, -0.05) is 35.3 Å². The van der Waals surface area contributed by atoms with Crippen LogP contribution in [-0.2, 0) is 11.8 Å². The van der Waals surface area contributed by atoms with Crippen LogP contribution in [0.2, 0.25) is 10.2 Å². The first-order valence-corrected chi connectivity index (χ1v) is 14.0. The van der Waals surface area contributed by atoms with Gasteiger partial charge < -0.3 is 5.32 Å². The number of aryl methyl sites for hydroxylation is 1. The monoisotopic (exact) mass is 625 g/mol. The number of hydrogen-bond donors (Lipinski definition) is 1. The van der Waals surface area contributed by atoms with Gasteiger partial charge in [0, 0.05) is 24.9 Å². The molecule has 6 rings (SSSR count). The van der Waals surface area contributed by atoms with Crippen molar-refractivity contribution in [2.24, 2.45) is 13.0 Å². The Morgan fingerprint density at radius 2 is 1.91 bits per heavy atom. The number of nitrogens with one attached hydrogen (secondary N) is 1. The molecule has 1 aromatic carbocycles. The van der Waals surface area contributed by atoms with Crippen LogP contribution in [0.3, 0.4) is 0 Å². The maximum absolute atomic E-state index is 15.4. The first-order chi connectivity index (χ1) is 20.6. The van der Waals surface area contributed by atoms with Crippen molar-refractivity contribution >= 4 is 34.8 Å². The van der Waals surface area contributed by atoms with Gasteiger partial charge in [0.2, 0.25) is 5.91 Å². The Morgan fingerprint density at radius 1 is 1.09 bits per heavy atom. The minimum atomic E-state index is -1.51. The molecule has 15 heteroatoms. The second kappa shape index (κ2) is 11.3. The maximum atomic E-state index is 15.4. The fourth-order valence-corrected chi connectivity index (χ4v) is 5.46. The molecule has 0 aliphatic carbocycles. The van der Waals surface area contributed by atoms with E-state index in [2.05, 4.69) is 30.7 Å². The van der Waals surface area contributed by atoms with Crippen LogP contribution in [0.25, 0.3) is 28.2 Å². The van der Waals surface area contributed by atoms with Gasteiger partial charge in [-0.25, -0.2) is 18.4 Å². The molecule has 43 heavy (non-hydrogen) atoms. The summed E-state index contributed by atoms with van der Waals surface area (Å²) in [6, 6.07) is 6.78. The zero-order valence-electron chi connectivity index (χ0n) is 22.7. The fourth-order valence-electron chi connectivity index (χ4n) is 5.17. The molecule has 5 heterocycles. The van der Waals surface area contributed by atoms with Crippen molar-refractivity contribution in [2.45, 2.75) is 32.0 Å². The molecule has 1 amide bonds. The topological polar surface area (TPSA) is 125 Å². The highest BCUT2D eigenvalue weighted by Crippen LogP contribution is 2.35. The van der Waals surface area contributed by atoms with E-state index < -0.39 is 35.4 Å². The van der Waals surface area contributed by atoms with E-state index in [0.717, 1.165) is 0 Å². The number of nitrogens with zero attached hydrogens (tertiary/aromatic N) is 8. The predicted octanol–water partition coefficient (Wildman–Crippen LogP) is 5.03. The molecule has 11 nitrogen and oxygen atoms in total. The maximum Gasteiger partial charge on any atom is 0.254 e. The SMILES string of the molecule is C[C@H]1C(=O)Nc2cnn(C)c2-c2ccnc(c2)[C@@H](n2cnc(-c3c(-n4cc(Cl)nn4)ccc(Cl)c3F)cc2=O)CCC1F. The van der Waals surface area contributed by atoms with E-state index in [0.29, 0.717) is 22.6 Å². The highest BCUT2D eigenvalue weighted by molar-refractivity contribution is 6.31. The number of rotatable bonds is 3. The van der Waals surface area contributed by atoms with Crippen molar-refractivity contribution in [3.05, 3.63) is 87.3 Å². The second-order valence-corrected chi connectivity index (χ2v) is 10.9. The van der Waals surface area contributed by atoms with Gasteiger partial charge in [-0.2, -0.15) is 5.10 Å². The van der Waals surface area contributed by atoms with Crippen molar-refractivity contribution in [1.82, 2.24) is 39.3 Å². The molecule has 0 fully saturated rings. The standard InChI is InChI=1S/C28H23Cl2F2N9O2/c1-14-17(31)4-6-21(18-9-15(7-8-33-18)27-20(36-28(14)43)11-35-39(27)2)40-13-34-19(10-24(40)42)25-22(5-3-16(29)26(25)32)41-12-23(30)37-38-41/h3,5,7-14,17,21H,4,6H2,1-2H3,(H,36,43)/t14-,17?,21+/m1/s1. The third-order valence-corrected chi connectivity index (χ3v) is 7.94. The Labute approximate surface area is 253 Å². The van der Waals surface area contributed by atoms with E-state index in [9.17, 15) is 9.59 Å². The summed E-state index contributed by atoms with van der Waals surface area (Å²) >= 11 is 12.0. The molecular weight excluding hydrogens is 603 g/mol. The third-order valence-electron chi connectivity index (χ3n) is 7.48. The van der Waals surface area contributed by atoms with Gasteiger partial charge in [-0.05, 0) is 37.1 Å². The van der Waals surface area contributed by atoms with Gasteiger partial charge in [0.1, 0.15) is 6.17 Å². The largest absolute Gasteiger partial charge is 0.323 e. The number of halogens is 4. The van der Waals surface area contributed by atoms with Crippen LogP contribution in [0, 0.1) is 11.7 Å². The summed E-state index contributed by atoms with van der Waals surface area (Å²) in [6.07, 6.45) is 4.29. The highest BCUT2D eigenvalue weighted by atomic mass is 35.5. The van der Waals surface area contributed by atoms with E-state index >= 15 is 8.78 Å². The van der Waals surface area contributed by atoms with Crippen LogP contribution in [0.1, 0.15) is 31.5 Å². The van der Waals surface area contributed by atoms with Gasteiger partial charge in [0.05, 0.1) is 69.7 Å². The van der Waals surface area contributed by atoms with Gasteiger partial charge >= 0.3 is 0 Å². The summed E-state index contributed by atoms with van der Waals surface area (Å²) in [5.74, 6) is -2.26. The van der Waals surface area contributed by atoms with E-state index in [1.54, 1.807) is 30.1 Å². The number of hydrogen-bond acceptors (Lipinski definition) is 7. The van der Waals surface area contributed by atoms with Crippen LogP contribution >= 0.6 is 23.2 Å². The molecule has 1 aliphatic heterocycles. The first-order valence-electron chi connectivity index (χ1n) is 13.2. The molecule has 5 aromatic rings. The average molecular weight is 626 g/mol. The van der Waals surface area contributed by atoms with Crippen LogP contribution in [0.4, 0.5) is 14.5 Å². The van der Waals surface area contributed by atoms with Crippen LogP contribution < -0.4 is 10.9 Å². The van der Waals surface area contributed by atoms with Crippen molar-refractivity contribution in [1.29, 1.82) is 0 Å². The minimum absolute atomic E-state index is 0.00840. The lowest BCUT2D eigenvalue weighted by atomic mass is 9.95. The van der Waals surface area contributed by atoms with Gasteiger partial charge in [0.25, 0.3) is 5.56 Å². The predicted molar refractivity (Wildman–Crippen MR) is 155 cm³/mol. The number of amides is 1. The second-order valence-electron chi connectivity index (χ2n) is 10.1. The van der Waals surface area contributed by atoms with E-state index in [-0.39, 0.29) is 40.0 Å². The van der Waals surface area contributed by atoms with E-state index in [4.69, 9.17) is 23.2 Å². The summed E-state index contributed by atoms with van der Waals surface area (Å²) < 4.78 is 34.9. The number of carbonyl (C=O) groups excluding carboxylic acids is 1. The summed E-state index contributed by atoms with van der Waals surface area (Å²) in [4.78, 5) is 35.4. The Morgan fingerprint density at radius 3 is 2.65 bits per heavy atom. The number of aromatic nitrogens is 8. The Bertz CT molecular complexity index is 1920. The lowest BCUT2D eigenvalue weighted by Gasteiger charge is -2.24. The Kier molecular flexibility index (Phi) is 7.52. The summed E-state index contributed by atoms with van der Waals surface area (Å²) in [7, 11) is 1.72. The molecule has 4 aromatic heterocycles. The van der Waals surface area contributed by atoms with Gasteiger partial charge in [0.15, 0.2) is 11.0 Å². The molecule has 0 radical (unpaired) electrons. The number of alkyl halides is 1. The number of fused-ring (bicyclic) bond motifs is 4. The molecule has 1 aliphatic rings. The zero-order chi connectivity index (χ0) is 30.4. The normalized spacial score (nSPS) is 18.8. The molecule has 0 saturated heterocycles. The van der Waals surface area contributed by atoms with Gasteiger partial charge in [-0.15, -0.1) is 5.10 Å². The summed E-state index contributed by atoms with van der Waals surface area (Å²) in [5, 5.41) is 14.6. The van der Waals surface area contributed by atoms with E-state index in [1.165, 1.54) is 53.1 Å². The lowest BCUT2D eigenvalue weighted by molar-refractivity contribution is -0.121. The van der Waals surface area contributed by atoms with Gasteiger partial charge in [-0.3, -0.25) is 23.8 Å². The zero-order valence-corrected chi connectivity index (χ0v) is 24.3. The Balaban J connectivity index is 1.47. The molecule has 220 valence electrons. The number of anilines is 1. The molecule has 0 spiro atoms. The minimum Gasteiger partial charge on any atom is -0.323 e. The average Bonchev–Trinajstić information content (AvgIpc) is 3.59. The molecule has 1 N–H and O–H groups in total. The van der Waals surface area contributed by atoms with Crippen LogP contribution in [-0.4, -0.2) is 51.4 Å². The summed E-state index contributed by atoms with van der Waals surface area (Å²) in [6.45, 7) is 1.51. The van der Waals surface area contributed by atoms with E-state index in [1.807, 2.05) is 0 Å². The smallest absolute Gasteiger partial charge is 0.254 e. The van der Waals surface area contributed by atoms with Crippen molar-refractivity contribution in [3.8, 4) is 28.2 Å².